The predicted octanol–water partition coefficient (Wildman–Crippen LogP) is 1.81. The molecule has 0 bridgehead atoms. The molecule has 0 fully saturated rings. The van der Waals surface area contributed by atoms with E-state index >= 15 is 0 Å². The minimum absolute atomic E-state index is 0.970. The van der Waals surface area contributed by atoms with Crippen molar-refractivity contribution >= 4 is 27.0 Å². The molecule has 3 nitrogen and oxygen atoms in total. The van der Waals surface area contributed by atoms with Crippen molar-refractivity contribution < 1.29 is 0 Å². The average molecular weight is 254 g/mol. The van der Waals surface area contributed by atoms with Gasteiger partial charge in [0.15, 0.2) is 0 Å². The Bertz CT molecular complexity index is 548. The largest absolute Gasteiger partial charge is 0.313 e. The number of hydrogen-bond acceptors (Lipinski definition) is 1. The molecular formula is C10H12BrN3. The van der Waals surface area contributed by atoms with Crippen molar-refractivity contribution in [2.24, 2.45) is 19.1 Å². The summed E-state index contributed by atoms with van der Waals surface area (Å²) in [5.74, 6) is 0. The van der Waals surface area contributed by atoms with Gasteiger partial charge in [-0.15, -0.1) is 0 Å². The smallest absolute Gasteiger partial charge is 0.205 e. The molecule has 2 rings (SSSR count). The van der Waals surface area contributed by atoms with Crippen LogP contribution in [0.25, 0.3) is 11.0 Å². The first kappa shape index (κ1) is 9.52. The Morgan fingerprint density at radius 3 is 2.43 bits per heavy atom. The van der Waals surface area contributed by atoms with Crippen LogP contribution in [0.1, 0.15) is 0 Å². The molecule has 2 aromatic rings. The maximum atomic E-state index is 4.25. The number of imidazole rings is 1. The van der Waals surface area contributed by atoms with E-state index in [1.807, 2.05) is 27.2 Å². The second kappa shape index (κ2) is 3.28. The molecule has 0 aliphatic carbocycles. The van der Waals surface area contributed by atoms with E-state index in [1.165, 1.54) is 11.0 Å². The number of nitrogens with zero attached hydrogens (tertiary/aromatic N) is 3. The first-order chi connectivity index (χ1) is 6.65. The molecule has 0 aliphatic rings. The number of aromatic nitrogens is 2. The summed E-state index contributed by atoms with van der Waals surface area (Å²) in [4.78, 5) is 4.25. The van der Waals surface area contributed by atoms with Crippen LogP contribution in [-0.4, -0.2) is 16.2 Å². The number of benzene rings is 1. The van der Waals surface area contributed by atoms with Gasteiger partial charge in [-0.25, -0.2) is 0 Å². The third-order valence-corrected chi connectivity index (χ3v) is 2.95. The number of hydrogen-bond donors (Lipinski definition) is 0. The fraction of sp³-hybridized carbons (Fsp3) is 0.300. The van der Waals surface area contributed by atoms with Crippen LogP contribution in [0.5, 0.6) is 0 Å². The number of fused-ring (bicyclic) bond motifs is 1. The van der Waals surface area contributed by atoms with Gasteiger partial charge in [0.2, 0.25) is 5.62 Å². The first-order valence-corrected chi connectivity index (χ1v) is 5.18. The molecule has 0 saturated heterocycles. The number of rotatable bonds is 0. The molecule has 4 heteroatoms. The lowest BCUT2D eigenvalue weighted by Gasteiger charge is -1.94. The Kier molecular flexibility index (Phi) is 2.23. The van der Waals surface area contributed by atoms with Crippen LogP contribution < -0.4 is 5.62 Å². The van der Waals surface area contributed by atoms with Crippen molar-refractivity contribution in [1.82, 2.24) is 9.13 Å². The predicted molar refractivity (Wildman–Crippen MR) is 61.1 cm³/mol. The van der Waals surface area contributed by atoms with Gasteiger partial charge < -0.3 is 9.13 Å². The summed E-state index contributed by atoms with van der Waals surface area (Å²) in [6, 6.07) is 6.24. The quantitative estimate of drug-likeness (QED) is 0.684. The van der Waals surface area contributed by atoms with E-state index in [2.05, 4.69) is 42.2 Å². The molecule has 0 saturated carbocycles. The van der Waals surface area contributed by atoms with Crippen molar-refractivity contribution in [3.8, 4) is 0 Å². The highest BCUT2D eigenvalue weighted by Gasteiger charge is 2.05. The van der Waals surface area contributed by atoms with E-state index < -0.39 is 0 Å². The number of halogens is 1. The number of aryl methyl sites for hydroxylation is 2. The minimum Gasteiger partial charge on any atom is -0.313 e. The molecule has 0 spiro atoms. The SMILES string of the molecule is CN=c1n(C)c2ccc(Br)cc2n1C. The third-order valence-electron chi connectivity index (χ3n) is 2.46. The van der Waals surface area contributed by atoms with Crippen LogP contribution in [0.15, 0.2) is 27.7 Å². The van der Waals surface area contributed by atoms with Crippen molar-refractivity contribution in [2.75, 3.05) is 7.05 Å². The molecule has 0 N–H and O–H groups in total. The molecule has 0 unspecified atom stereocenters. The molecule has 74 valence electrons. The summed E-state index contributed by atoms with van der Waals surface area (Å²) in [6.07, 6.45) is 0. The summed E-state index contributed by atoms with van der Waals surface area (Å²) >= 11 is 3.47. The van der Waals surface area contributed by atoms with Crippen molar-refractivity contribution in [3.63, 3.8) is 0 Å². The van der Waals surface area contributed by atoms with Crippen LogP contribution in [0, 0.1) is 0 Å². The van der Waals surface area contributed by atoms with Gasteiger partial charge in [-0.1, -0.05) is 15.9 Å². The second-order valence-electron chi connectivity index (χ2n) is 3.27. The summed E-state index contributed by atoms with van der Waals surface area (Å²) < 4.78 is 5.26. The Hall–Kier alpha value is -1.03. The molecule has 0 aliphatic heterocycles. The van der Waals surface area contributed by atoms with Crippen LogP contribution in [0.4, 0.5) is 0 Å². The fourth-order valence-electron chi connectivity index (χ4n) is 1.79. The summed E-state index contributed by atoms with van der Waals surface area (Å²) in [5.41, 5.74) is 3.34. The fourth-order valence-corrected chi connectivity index (χ4v) is 2.14. The third kappa shape index (κ3) is 1.21. The topological polar surface area (TPSA) is 22.2 Å². The van der Waals surface area contributed by atoms with Gasteiger partial charge in [0, 0.05) is 25.6 Å². The molecule has 1 heterocycles. The highest BCUT2D eigenvalue weighted by atomic mass is 79.9. The molecule has 14 heavy (non-hydrogen) atoms. The maximum absolute atomic E-state index is 4.25. The standard InChI is InChI=1S/C10H12BrN3/c1-12-10-13(2)8-5-4-7(11)6-9(8)14(10)3/h4-6H,1-3H3. The highest BCUT2D eigenvalue weighted by Crippen LogP contribution is 2.17. The van der Waals surface area contributed by atoms with Crippen LogP contribution >= 0.6 is 15.9 Å². The minimum atomic E-state index is 0.970. The lowest BCUT2D eigenvalue weighted by molar-refractivity contribution is 0.756. The van der Waals surface area contributed by atoms with Gasteiger partial charge in [-0.3, -0.25) is 4.99 Å². The van der Waals surface area contributed by atoms with Crippen molar-refractivity contribution in [1.29, 1.82) is 0 Å². The Morgan fingerprint density at radius 1 is 1.14 bits per heavy atom. The van der Waals surface area contributed by atoms with Gasteiger partial charge in [0.25, 0.3) is 0 Å². The van der Waals surface area contributed by atoms with Gasteiger partial charge in [-0.05, 0) is 18.2 Å². The van der Waals surface area contributed by atoms with Crippen LogP contribution in [0.3, 0.4) is 0 Å². The van der Waals surface area contributed by atoms with Crippen LogP contribution in [0.2, 0.25) is 0 Å². The Labute approximate surface area is 90.8 Å². The Morgan fingerprint density at radius 2 is 1.79 bits per heavy atom. The molecule has 0 amide bonds. The van der Waals surface area contributed by atoms with E-state index in [1.54, 1.807) is 0 Å². The molecular weight excluding hydrogens is 242 g/mol. The maximum Gasteiger partial charge on any atom is 0.205 e. The zero-order chi connectivity index (χ0) is 10.3. The van der Waals surface area contributed by atoms with Gasteiger partial charge in [0.1, 0.15) is 0 Å². The summed E-state index contributed by atoms with van der Waals surface area (Å²) in [6.45, 7) is 0. The molecule has 0 radical (unpaired) electrons. The van der Waals surface area contributed by atoms with E-state index in [0.717, 1.165) is 10.1 Å². The molecule has 1 aromatic heterocycles. The second-order valence-corrected chi connectivity index (χ2v) is 4.19. The highest BCUT2D eigenvalue weighted by molar-refractivity contribution is 9.10. The van der Waals surface area contributed by atoms with Gasteiger partial charge in [0.05, 0.1) is 11.0 Å². The first-order valence-electron chi connectivity index (χ1n) is 4.39. The lowest BCUT2D eigenvalue weighted by Crippen LogP contribution is -2.21. The van der Waals surface area contributed by atoms with Crippen LogP contribution in [-0.2, 0) is 14.1 Å². The van der Waals surface area contributed by atoms with E-state index in [-0.39, 0.29) is 0 Å². The summed E-state index contributed by atoms with van der Waals surface area (Å²) in [7, 11) is 5.86. The van der Waals surface area contributed by atoms with E-state index in [4.69, 9.17) is 0 Å². The normalized spacial score (nSPS) is 12.7. The lowest BCUT2D eigenvalue weighted by atomic mass is 10.3. The average Bonchev–Trinajstić information content (AvgIpc) is 2.39. The zero-order valence-electron chi connectivity index (χ0n) is 8.45. The Balaban J connectivity index is 3.02. The summed E-state index contributed by atoms with van der Waals surface area (Å²) in [5, 5.41) is 0. The van der Waals surface area contributed by atoms with Gasteiger partial charge in [-0.2, -0.15) is 0 Å². The van der Waals surface area contributed by atoms with Gasteiger partial charge >= 0.3 is 0 Å². The monoisotopic (exact) mass is 253 g/mol. The van der Waals surface area contributed by atoms with Crippen molar-refractivity contribution in [2.45, 2.75) is 0 Å². The van der Waals surface area contributed by atoms with E-state index in [0.29, 0.717) is 0 Å². The van der Waals surface area contributed by atoms with Crippen molar-refractivity contribution in [3.05, 3.63) is 28.3 Å². The molecule has 1 aromatic carbocycles. The molecule has 0 atom stereocenters. The zero-order valence-corrected chi connectivity index (χ0v) is 10.0. The van der Waals surface area contributed by atoms with E-state index in [9.17, 15) is 0 Å².